The van der Waals surface area contributed by atoms with Gasteiger partial charge < -0.3 is 18.6 Å². The normalized spacial score (nSPS) is 13.9. The van der Waals surface area contributed by atoms with Crippen LogP contribution in [0.3, 0.4) is 0 Å². The second kappa shape index (κ2) is 8.75. The molecule has 168 valence electrons. The molecule has 0 N–H and O–H groups in total. The van der Waals surface area contributed by atoms with Crippen molar-refractivity contribution in [2.75, 3.05) is 7.11 Å². The van der Waals surface area contributed by atoms with Crippen LogP contribution < -0.4 is 14.2 Å². The van der Waals surface area contributed by atoms with Crippen LogP contribution >= 0.6 is 0 Å². The highest BCUT2D eigenvalue weighted by atomic mass is 16.6. The van der Waals surface area contributed by atoms with Crippen LogP contribution in [0.4, 0.5) is 0 Å². The molecule has 5 rings (SSSR count). The van der Waals surface area contributed by atoms with Crippen molar-refractivity contribution in [3.05, 3.63) is 107 Å². The summed E-state index contributed by atoms with van der Waals surface area (Å²) >= 11 is 0. The Labute approximate surface area is 195 Å². The molecule has 0 amide bonds. The summed E-state index contributed by atoms with van der Waals surface area (Å²) in [5.74, 6) is 0.494. The first-order valence-corrected chi connectivity index (χ1v) is 10.6. The lowest BCUT2D eigenvalue weighted by Crippen LogP contribution is -2.07. The number of hydrogen-bond donors (Lipinski definition) is 0. The molecule has 0 spiro atoms. The van der Waals surface area contributed by atoms with Gasteiger partial charge in [0, 0.05) is 11.5 Å². The van der Waals surface area contributed by atoms with Gasteiger partial charge in [-0.15, -0.1) is 0 Å². The van der Waals surface area contributed by atoms with Gasteiger partial charge in [0.05, 0.1) is 12.7 Å². The van der Waals surface area contributed by atoms with E-state index < -0.39 is 5.97 Å². The fourth-order valence-electron chi connectivity index (χ4n) is 3.82. The summed E-state index contributed by atoms with van der Waals surface area (Å²) in [6, 6.07) is 19.9. The summed E-state index contributed by atoms with van der Waals surface area (Å²) < 4.78 is 22.2. The number of benzene rings is 3. The average Bonchev–Trinajstić information content (AvgIpc) is 3.41. The van der Waals surface area contributed by atoms with Crippen molar-refractivity contribution in [3.63, 3.8) is 0 Å². The maximum absolute atomic E-state index is 12.8. The Morgan fingerprint density at radius 2 is 1.82 bits per heavy atom. The molecule has 6 heteroatoms. The standard InChI is InChI=1S/C28H20O6/c1-17-14-20(32-28(30)24-15-19-11-7-13-22(31-2)27(19)34-24)16-23-25(17)26(29)21(33-23)12-6-10-18-8-4-3-5-9-18/h3-16H,1-2H3/b10-6+,21-12-. The van der Waals surface area contributed by atoms with E-state index >= 15 is 0 Å². The summed E-state index contributed by atoms with van der Waals surface area (Å²) in [6.45, 7) is 1.77. The van der Waals surface area contributed by atoms with Crippen molar-refractivity contribution in [1.82, 2.24) is 0 Å². The molecule has 0 unspecified atom stereocenters. The van der Waals surface area contributed by atoms with Gasteiger partial charge in [0.1, 0.15) is 11.5 Å². The molecule has 0 atom stereocenters. The van der Waals surface area contributed by atoms with Crippen LogP contribution in [-0.2, 0) is 0 Å². The molecule has 0 saturated heterocycles. The number of ether oxygens (including phenoxy) is 3. The topological polar surface area (TPSA) is 75.0 Å². The molecule has 1 aliphatic heterocycles. The lowest BCUT2D eigenvalue weighted by Gasteiger charge is -2.06. The Hall–Kier alpha value is -4.58. The molecule has 34 heavy (non-hydrogen) atoms. The van der Waals surface area contributed by atoms with Gasteiger partial charge in [-0.05, 0) is 42.3 Å². The minimum absolute atomic E-state index is 0.0429. The highest BCUT2D eigenvalue weighted by Crippen LogP contribution is 2.37. The van der Waals surface area contributed by atoms with Crippen molar-refractivity contribution in [3.8, 4) is 17.2 Å². The van der Waals surface area contributed by atoms with Crippen LogP contribution in [0, 0.1) is 6.92 Å². The van der Waals surface area contributed by atoms with E-state index in [0.717, 1.165) is 10.9 Å². The predicted octanol–water partition coefficient (Wildman–Crippen LogP) is 6.14. The van der Waals surface area contributed by atoms with Gasteiger partial charge in [-0.3, -0.25) is 4.79 Å². The van der Waals surface area contributed by atoms with E-state index in [0.29, 0.717) is 28.2 Å². The molecule has 3 aromatic carbocycles. The van der Waals surface area contributed by atoms with E-state index in [1.165, 1.54) is 13.2 Å². The van der Waals surface area contributed by atoms with Crippen molar-refractivity contribution >= 4 is 28.8 Å². The van der Waals surface area contributed by atoms with E-state index in [-0.39, 0.29) is 23.1 Å². The molecule has 4 aromatic rings. The number of ketones is 1. The third-order valence-electron chi connectivity index (χ3n) is 5.42. The second-order valence-electron chi connectivity index (χ2n) is 7.72. The van der Waals surface area contributed by atoms with Crippen LogP contribution in [0.1, 0.15) is 32.0 Å². The van der Waals surface area contributed by atoms with Gasteiger partial charge in [-0.25, -0.2) is 4.79 Å². The molecule has 0 radical (unpaired) electrons. The summed E-state index contributed by atoms with van der Waals surface area (Å²) in [6.07, 6.45) is 5.28. The number of furan rings is 1. The van der Waals surface area contributed by atoms with E-state index in [9.17, 15) is 9.59 Å². The minimum Gasteiger partial charge on any atom is -0.493 e. The maximum Gasteiger partial charge on any atom is 0.379 e. The molecule has 2 heterocycles. The van der Waals surface area contributed by atoms with Gasteiger partial charge in [-0.1, -0.05) is 54.6 Å². The molecule has 1 aromatic heterocycles. The molecular weight excluding hydrogens is 432 g/mol. The Balaban J connectivity index is 1.36. The number of carbonyl (C=O) groups excluding carboxylic acids is 2. The number of allylic oxidation sites excluding steroid dienone is 3. The second-order valence-corrected chi connectivity index (χ2v) is 7.72. The van der Waals surface area contributed by atoms with Gasteiger partial charge in [-0.2, -0.15) is 0 Å². The number of methoxy groups -OCH3 is 1. The van der Waals surface area contributed by atoms with Gasteiger partial charge in [0.15, 0.2) is 17.1 Å². The van der Waals surface area contributed by atoms with E-state index in [2.05, 4.69) is 0 Å². The Kier molecular flexibility index (Phi) is 5.47. The fraction of sp³-hybridized carbons (Fsp3) is 0.0714. The van der Waals surface area contributed by atoms with E-state index in [1.54, 1.807) is 37.3 Å². The number of hydrogen-bond acceptors (Lipinski definition) is 6. The lowest BCUT2D eigenvalue weighted by atomic mass is 10.0. The predicted molar refractivity (Wildman–Crippen MR) is 127 cm³/mol. The first kappa shape index (κ1) is 21.3. The smallest absolute Gasteiger partial charge is 0.379 e. The highest BCUT2D eigenvalue weighted by Gasteiger charge is 2.30. The van der Waals surface area contributed by atoms with Crippen LogP contribution in [0.15, 0.2) is 89.1 Å². The fourth-order valence-corrected chi connectivity index (χ4v) is 3.82. The first-order chi connectivity index (χ1) is 16.5. The van der Waals surface area contributed by atoms with Crippen LogP contribution in [0.5, 0.6) is 17.2 Å². The largest absolute Gasteiger partial charge is 0.493 e. The summed E-state index contributed by atoms with van der Waals surface area (Å²) in [5, 5.41) is 0.726. The number of para-hydroxylation sites is 1. The third-order valence-corrected chi connectivity index (χ3v) is 5.42. The number of Topliss-reactive ketones (excluding diaryl/α,β-unsaturated/α-hetero) is 1. The molecular formula is C28H20O6. The highest BCUT2D eigenvalue weighted by molar-refractivity contribution is 6.13. The Morgan fingerprint density at radius 3 is 2.62 bits per heavy atom. The molecule has 1 aliphatic rings. The molecule has 0 bridgehead atoms. The average molecular weight is 452 g/mol. The van der Waals surface area contributed by atoms with Gasteiger partial charge in [0.2, 0.25) is 11.5 Å². The van der Waals surface area contributed by atoms with E-state index in [1.807, 2.05) is 48.5 Å². The monoisotopic (exact) mass is 452 g/mol. The molecule has 0 saturated carbocycles. The Morgan fingerprint density at radius 1 is 1.00 bits per heavy atom. The van der Waals surface area contributed by atoms with Gasteiger partial charge >= 0.3 is 5.97 Å². The van der Waals surface area contributed by atoms with Crippen molar-refractivity contribution in [1.29, 1.82) is 0 Å². The van der Waals surface area contributed by atoms with Crippen LogP contribution in [-0.4, -0.2) is 18.9 Å². The number of rotatable bonds is 5. The third kappa shape index (κ3) is 3.97. The zero-order chi connectivity index (χ0) is 23.7. The van der Waals surface area contributed by atoms with Crippen LogP contribution in [0.2, 0.25) is 0 Å². The lowest BCUT2D eigenvalue weighted by molar-refractivity contribution is 0.0703. The summed E-state index contributed by atoms with van der Waals surface area (Å²) in [7, 11) is 1.53. The number of carbonyl (C=O) groups is 2. The van der Waals surface area contributed by atoms with Crippen molar-refractivity contribution < 1.29 is 28.2 Å². The number of esters is 1. The van der Waals surface area contributed by atoms with E-state index in [4.69, 9.17) is 18.6 Å². The molecule has 0 aliphatic carbocycles. The van der Waals surface area contributed by atoms with Crippen molar-refractivity contribution in [2.45, 2.75) is 6.92 Å². The minimum atomic E-state index is -0.663. The molecule has 6 nitrogen and oxygen atoms in total. The quantitative estimate of drug-likeness (QED) is 0.206. The maximum atomic E-state index is 12.8. The number of aryl methyl sites for hydroxylation is 1. The SMILES string of the molecule is COc1cccc2cc(C(=O)Oc3cc(C)c4c(c3)O/C(=C\C=C\c3ccccc3)C4=O)oc12. The molecule has 0 fully saturated rings. The Bertz CT molecular complexity index is 1470. The van der Waals surface area contributed by atoms with Gasteiger partial charge in [0.25, 0.3) is 0 Å². The van der Waals surface area contributed by atoms with Crippen LogP contribution in [0.25, 0.3) is 17.0 Å². The zero-order valence-electron chi connectivity index (χ0n) is 18.5. The van der Waals surface area contributed by atoms with Crippen molar-refractivity contribution in [2.24, 2.45) is 0 Å². The first-order valence-electron chi connectivity index (χ1n) is 10.6. The number of fused-ring (bicyclic) bond motifs is 2. The summed E-state index contributed by atoms with van der Waals surface area (Å²) in [5.41, 5.74) is 2.57. The summed E-state index contributed by atoms with van der Waals surface area (Å²) in [4.78, 5) is 25.5. The zero-order valence-corrected chi connectivity index (χ0v) is 18.5.